The van der Waals surface area contributed by atoms with Crippen molar-refractivity contribution >= 4 is 11.7 Å². The zero-order valence-corrected chi connectivity index (χ0v) is 15.5. The minimum atomic E-state index is -3.01. The van der Waals surface area contributed by atoms with Gasteiger partial charge in [0, 0.05) is 30.1 Å². The Kier molecular flexibility index (Phi) is 4.44. The van der Waals surface area contributed by atoms with E-state index < -0.39 is 24.3 Å². The normalized spacial score (nSPS) is 19.0. The number of methoxy groups -OCH3 is 1. The van der Waals surface area contributed by atoms with E-state index in [1.165, 1.54) is 22.9 Å². The fourth-order valence-corrected chi connectivity index (χ4v) is 3.64. The Morgan fingerprint density at radius 1 is 1.32 bits per heavy atom. The van der Waals surface area contributed by atoms with Crippen LogP contribution < -0.4 is 4.74 Å². The number of amides is 1. The van der Waals surface area contributed by atoms with Gasteiger partial charge in [0.15, 0.2) is 0 Å². The van der Waals surface area contributed by atoms with Crippen LogP contribution in [0.25, 0.3) is 5.78 Å². The van der Waals surface area contributed by atoms with Crippen LogP contribution >= 0.6 is 0 Å². The maximum atomic E-state index is 14.6. The number of rotatable bonds is 3. The first-order valence-electron chi connectivity index (χ1n) is 8.85. The van der Waals surface area contributed by atoms with Crippen LogP contribution in [0, 0.1) is 6.92 Å². The van der Waals surface area contributed by atoms with Gasteiger partial charge in [0.1, 0.15) is 12.1 Å². The Labute approximate surface area is 160 Å². The molecule has 1 amide bonds. The highest BCUT2D eigenvalue weighted by atomic mass is 19.3. The molecular weight excluding hydrogens is 368 g/mol. The molecule has 7 nitrogen and oxygen atoms in total. The van der Waals surface area contributed by atoms with Gasteiger partial charge in [-0.3, -0.25) is 4.79 Å². The number of carbonyl (C=O) groups excluding carboxylic acids is 1. The second-order valence-electron chi connectivity index (χ2n) is 6.97. The van der Waals surface area contributed by atoms with Crippen LogP contribution in [-0.2, 0) is 0 Å². The SMILES string of the molecule is COc1cccc(C(=O)N2CC(c3cc(C)nc4ncnn34)CC(F)(F)C2)c1. The van der Waals surface area contributed by atoms with Gasteiger partial charge in [-0.2, -0.15) is 10.1 Å². The lowest BCUT2D eigenvalue weighted by molar-refractivity contribution is -0.0641. The molecule has 28 heavy (non-hydrogen) atoms. The molecule has 0 bridgehead atoms. The summed E-state index contributed by atoms with van der Waals surface area (Å²) in [5, 5.41) is 4.11. The van der Waals surface area contributed by atoms with Gasteiger partial charge in [-0.25, -0.2) is 18.3 Å². The molecule has 1 atom stereocenters. The lowest BCUT2D eigenvalue weighted by atomic mass is 9.91. The summed E-state index contributed by atoms with van der Waals surface area (Å²) in [4.78, 5) is 22.4. The largest absolute Gasteiger partial charge is 0.497 e. The zero-order chi connectivity index (χ0) is 19.9. The van der Waals surface area contributed by atoms with E-state index >= 15 is 0 Å². The number of halogens is 2. The molecule has 1 aliphatic rings. The van der Waals surface area contributed by atoms with Crippen molar-refractivity contribution in [3.05, 3.63) is 53.6 Å². The first kappa shape index (κ1) is 18.3. The number of likely N-dealkylation sites (tertiary alicyclic amines) is 1. The molecule has 2 aromatic heterocycles. The summed E-state index contributed by atoms with van der Waals surface area (Å²) in [5.74, 6) is -3.20. The minimum absolute atomic E-state index is 0.157. The number of ether oxygens (including phenoxy) is 1. The van der Waals surface area contributed by atoms with Crippen molar-refractivity contribution in [2.75, 3.05) is 20.2 Å². The molecule has 3 heterocycles. The Morgan fingerprint density at radius 3 is 2.93 bits per heavy atom. The van der Waals surface area contributed by atoms with Gasteiger partial charge in [0.2, 0.25) is 0 Å². The van der Waals surface area contributed by atoms with Crippen molar-refractivity contribution in [3.63, 3.8) is 0 Å². The maximum absolute atomic E-state index is 14.6. The van der Waals surface area contributed by atoms with Gasteiger partial charge >= 0.3 is 0 Å². The number of benzene rings is 1. The van der Waals surface area contributed by atoms with Crippen molar-refractivity contribution in [3.8, 4) is 5.75 Å². The first-order valence-corrected chi connectivity index (χ1v) is 8.85. The van der Waals surface area contributed by atoms with E-state index in [1.807, 2.05) is 0 Å². The third kappa shape index (κ3) is 3.39. The highest BCUT2D eigenvalue weighted by Gasteiger charge is 2.43. The van der Waals surface area contributed by atoms with Crippen molar-refractivity contribution in [2.45, 2.75) is 25.2 Å². The standard InChI is InChI=1S/C19H19F2N5O2/c1-12-6-16(26-18(24-12)22-11-23-26)14-8-19(20,21)10-25(9-14)17(27)13-4-3-5-15(7-13)28-2/h3-7,11,14H,8-10H2,1-2H3. The van der Waals surface area contributed by atoms with Gasteiger partial charge < -0.3 is 9.64 Å². The molecule has 1 aromatic carbocycles. The smallest absolute Gasteiger partial charge is 0.266 e. The molecule has 0 N–H and O–H groups in total. The maximum Gasteiger partial charge on any atom is 0.266 e. The Hall–Kier alpha value is -3.10. The van der Waals surface area contributed by atoms with Crippen LogP contribution in [0.15, 0.2) is 36.7 Å². The summed E-state index contributed by atoms with van der Waals surface area (Å²) in [6.07, 6.45) is 0.971. The fourth-order valence-electron chi connectivity index (χ4n) is 3.64. The number of aryl methyl sites for hydroxylation is 1. The molecule has 1 saturated heterocycles. The van der Waals surface area contributed by atoms with Crippen molar-refractivity contribution < 1.29 is 18.3 Å². The van der Waals surface area contributed by atoms with E-state index in [-0.39, 0.29) is 13.0 Å². The molecule has 9 heteroatoms. The predicted octanol–water partition coefficient (Wildman–Crippen LogP) is 2.71. The molecule has 0 saturated carbocycles. The number of carbonyl (C=O) groups is 1. The summed E-state index contributed by atoms with van der Waals surface area (Å²) >= 11 is 0. The van der Waals surface area contributed by atoms with E-state index in [2.05, 4.69) is 15.1 Å². The van der Waals surface area contributed by atoms with Gasteiger partial charge in [-0.1, -0.05) is 6.07 Å². The van der Waals surface area contributed by atoms with Crippen LogP contribution in [0.3, 0.4) is 0 Å². The number of alkyl halides is 2. The molecule has 0 spiro atoms. The van der Waals surface area contributed by atoms with Crippen LogP contribution in [0.1, 0.15) is 34.1 Å². The van der Waals surface area contributed by atoms with Crippen LogP contribution in [0.2, 0.25) is 0 Å². The number of hydrogen-bond donors (Lipinski definition) is 0. The Bertz CT molecular complexity index is 1040. The molecule has 1 unspecified atom stereocenters. The third-order valence-electron chi connectivity index (χ3n) is 4.84. The summed E-state index contributed by atoms with van der Waals surface area (Å²) in [7, 11) is 1.49. The molecular formula is C19H19F2N5O2. The molecule has 4 rings (SSSR count). The molecule has 0 radical (unpaired) electrons. The van der Waals surface area contributed by atoms with Gasteiger partial charge in [-0.05, 0) is 31.2 Å². The van der Waals surface area contributed by atoms with E-state index in [1.54, 1.807) is 37.3 Å². The van der Waals surface area contributed by atoms with Crippen LogP contribution in [0.4, 0.5) is 8.78 Å². The minimum Gasteiger partial charge on any atom is -0.497 e. The van der Waals surface area contributed by atoms with Gasteiger partial charge in [0.25, 0.3) is 17.6 Å². The van der Waals surface area contributed by atoms with Gasteiger partial charge in [0.05, 0.1) is 19.3 Å². The van der Waals surface area contributed by atoms with Gasteiger partial charge in [-0.15, -0.1) is 0 Å². The molecule has 1 fully saturated rings. The molecule has 1 aliphatic heterocycles. The summed E-state index contributed by atoms with van der Waals surface area (Å²) in [5.41, 5.74) is 1.55. The van der Waals surface area contributed by atoms with Crippen LogP contribution in [0.5, 0.6) is 5.75 Å². The highest BCUT2D eigenvalue weighted by molar-refractivity contribution is 5.94. The third-order valence-corrected chi connectivity index (χ3v) is 4.84. The summed E-state index contributed by atoms with van der Waals surface area (Å²) in [6.45, 7) is 1.31. The van der Waals surface area contributed by atoms with E-state index in [9.17, 15) is 13.6 Å². The van der Waals surface area contributed by atoms with Crippen molar-refractivity contribution in [2.24, 2.45) is 0 Å². The van der Waals surface area contributed by atoms with E-state index in [4.69, 9.17) is 4.74 Å². The van der Waals surface area contributed by atoms with Crippen molar-refractivity contribution in [1.29, 1.82) is 0 Å². The fraction of sp³-hybridized carbons (Fsp3) is 0.368. The lowest BCUT2D eigenvalue weighted by Gasteiger charge is -2.37. The number of hydrogen-bond acceptors (Lipinski definition) is 5. The second-order valence-corrected chi connectivity index (χ2v) is 6.97. The number of fused-ring (bicyclic) bond motifs is 1. The average Bonchev–Trinajstić information content (AvgIpc) is 3.13. The quantitative estimate of drug-likeness (QED) is 0.691. The topological polar surface area (TPSA) is 72.6 Å². The zero-order valence-electron chi connectivity index (χ0n) is 15.5. The Balaban J connectivity index is 1.69. The summed E-state index contributed by atoms with van der Waals surface area (Å²) in [6, 6.07) is 8.24. The molecule has 146 valence electrons. The van der Waals surface area contributed by atoms with Crippen molar-refractivity contribution in [1.82, 2.24) is 24.5 Å². The summed E-state index contributed by atoms with van der Waals surface area (Å²) < 4.78 is 35.7. The van der Waals surface area contributed by atoms with E-state index in [0.717, 1.165) is 0 Å². The molecule has 0 aliphatic carbocycles. The number of piperidine rings is 1. The van der Waals surface area contributed by atoms with Crippen LogP contribution in [-0.4, -0.2) is 56.5 Å². The second kappa shape index (κ2) is 6.81. The highest BCUT2D eigenvalue weighted by Crippen LogP contribution is 2.37. The average molecular weight is 387 g/mol. The molecule has 3 aromatic rings. The lowest BCUT2D eigenvalue weighted by Crippen LogP contribution is -2.49. The Morgan fingerprint density at radius 2 is 2.14 bits per heavy atom. The monoisotopic (exact) mass is 387 g/mol. The first-order chi connectivity index (χ1) is 13.4. The predicted molar refractivity (Wildman–Crippen MR) is 96.7 cm³/mol. The van der Waals surface area contributed by atoms with E-state index in [0.29, 0.717) is 28.5 Å². The number of aromatic nitrogens is 4. The number of nitrogens with zero attached hydrogens (tertiary/aromatic N) is 5.